The van der Waals surface area contributed by atoms with Crippen molar-refractivity contribution < 1.29 is 19.8 Å². The number of nitrogens with zero attached hydrogens (tertiary/aromatic N) is 1. The quantitative estimate of drug-likeness (QED) is 0.691. The maximum atomic E-state index is 11.0. The molecule has 1 aliphatic rings. The van der Waals surface area contributed by atoms with Crippen LogP contribution in [0.2, 0.25) is 0 Å². The van der Waals surface area contributed by atoms with E-state index >= 15 is 0 Å². The van der Waals surface area contributed by atoms with Gasteiger partial charge in [-0.25, -0.2) is 0 Å². The van der Waals surface area contributed by atoms with Crippen molar-refractivity contribution >= 4 is 24.3 Å². The predicted octanol–water partition coefficient (Wildman–Crippen LogP) is 0.678. The zero-order valence-corrected chi connectivity index (χ0v) is 9.58. The van der Waals surface area contributed by atoms with Crippen molar-refractivity contribution in [1.29, 1.82) is 0 Å². The molecule has 1 fully saturated rings. The highest BCUT2D eigenvalue weighted by Crippen LogP contribution is 2.34. The highest BCUT2D eigenvalue weighted by Gasteiger charge is 2.50. The van der Waals surface area contributed by atoms with Gasteiger partial charge in [0.05, 0.1) is 0 Å². The van der Waals surface area contributed by atoms with Crippen LogP contribution >= 0.6 is 12.4 Å². The molecule has 0 aromatic rings. The van der Waals surface area contributed by atoms with Crippen LogP contribution < -0.4 is 0 Å². The third-order valence-electron chi connectivity index (χ3n) is 3.11. The first-order valence-electron chi connectivity index (χ1n) is 4.57. The first-order chi connectivity index (χ1) is 6.40. The molecule has 0 aromatic heterocycles. The van der Waals surface area contributed by atoms with Crippen molar-refractivity contribution in [2.75, 3.05) is 13.6 Å². The lowest BCUT2D eigenvalue weighted by Crippen LogP contribution is -2.51. The first-order valence-corrected chi connectivity index (χ1v) is 4.57. The van der Waals surface area contributed by atoms with Gasteiger partial charge in [-0.15, -0.1) is 12.4 Å². The molecule has 6 heteroatoms. The van der Waals surface area contributed by atoms with Gasteiger partial charge in [0.2, 0.25) is 0 Å². The summed E-state index contributed by atoms with van der Waals surface area (Å²) in [6.45, 7) is 2.36. The molecule has 5 nitrogen and oxygen atoms in total. The van der Waals surface area contributed by atoms with Crippen molar-refractivity contribution in [3.05, 3.63) is 0 Å². The zero-order chi connectivity index (χ0) is 10.9. The number of hydrogen-bond acceptors (Lipinski definition) is 3. The van der Waals surface area contributed by atoms with Crippen molar-refractivity contribution in [2.24, 2.45) is 5.41 Å². The van der Waals surface area contributed by atoms with Crippen molar-refractivity contribution in [3.8, 4) is 0 Å². The third kappa shape index (κ3) is 2.41. The number of piperidine rings is 1. The van der Waals surface area contributed by atoms with E-state index < -0.39 is 17.4 Å². The molecule has 0 bridgehead atoms. The standard InChI is InChI=1S/C9H15NO4.ClH/c1-6-5-9(7(11)12,8(13)14)3-4-10(6)2;/h6H,3-5H2,1-2H3,(H,11,12)(H,13,14);1H. The maximum Gasteiger partial charge on any atom is 0.321 e. The number of halogens is 1. The Kier molecular flexibility index (Phi) is 4.55. The van der Waals surface area contributed by atoms with Gasteiger partial charge in [0.1, 0.15) is 0 Å². The monoisotopic (exact) mass is 237 g/mol. The molecule has 1 unspecified atom stereocenters. The van der Waals surface area contributed by atoms with Crippen molar-refractivity contribution in [3.63, 3.8) is 0 Å². The highest BCUT2D eigenvalue weighted by molar-refractivity contribution is 5.98. The summed E-state index contributed by atoms with van der Waals surface area (Å²) in [6, 6.07) is -0.00375. The summed E-state index contributed by atoms with van der Waals surface area (Å²) < 4.78 is 0. The molecule has 0 amide bonds. The Morgan fingerprint density at radius 2 is 1.80 bits per heavy atom. The summed E-state index contributed by atoms with van der Waals surface area (Å²) in [5.74, 6) is -2.44. The average molecular weight is 238 g/mol. The maximum absolute atomic E-state index is 11.0. The molecule has 0 radical (unpaired) electrons. The van der Waals surface area contributed by atoms with E-state index in [4.69, 9.17) is 10.2 Å². The molecule has 15 heavy (non-hydrogen) atoms. The van der Waals surface area contributed by atoms with Gasteiger partial charge in [-0.3, -0.25) is 9.59 Å². The van der Waals surface area contributed by atoms with Crippen LogP contribution in [-0.4, -0.2) is 46.7 Å². The van der Waals surface area contributed by atoms with Gasteiger partial charge in [0.15, 0.2) is 5.41 Å². The smallest absolute Gasteiger partial charge is 0.321 e. The van der Waals surface area contributed by atoms with Gasteiger partial charge in [-0.2, -0.15) is 0 Å². The second-order valence-corrected chi connectivity index (χ2v) is 3.98. The van der Waals surface area contributed by atoms with Crippen LogP contribution in [0.5, 0.6) is 0 Å². The Hall–Kier alpha value is -0.810. The summed E-state index contributed by atoms with van der Waals surface area (Å²) in [4.78, 5) is 23.9. The summed E-state index contributed by atoms with van der Waals surface area (Å²) >= 11 is 0. The van der Waals surface area contributed by atoms with Crippen molar-refractivity contribution in [2.45, 2.75) is 25.8 Å². The second kappa shape index (κ2) is 4.81. The summed E-state index contributed by atoms with van der Waals surface area (Å²) in [5.41, 5.74) is -1.58. The molecular weight excluding hydrogens is 222 g/mol. The number of rotatable bonds is 2. The Labute approximate surface area is 94.5 Å². The number of carbonyl (C=O) groups is 2. The number of carboxylic acids is 2. The molecule has 0 spiro atoms. The van der Waals surface area contributed by atoms with E-state index in [9.17, 15) is 9.59 Å². The highest BCUT2D eigenvalue weighted by atomic mass is 35.5. The minimum absolute atomic E-state index is 0. The lowest BCUT2D eigenvalue weighted by Gasteiger charge is -2.38. The van der Waals surface area contributed by atoms with Gasteiger partial charge >= 0.3 is 11.9 Å². The average Bonchev–Trinajstić information content (AvgIpc) is 2.09. The summed E-state index contributed by atoms with van der Waals surface area (Å²) in [5, 5.41) is 17.9. The Morgan fingerprint density at radius 3 is 2.13 bits per heavy atom. The normalized spacial score (nSPS) is 25.3. The van der Waals surface area contributed by atoms with Gasteiger partial charge in [0, 0.05) is 6.04 Å². The summed E-state index contributed by atoms with van der Waals surface area (Å²) in [6.07, 6.45) is 0.354. The van der Waals surface area contributed by atoms with E-state index in [2.05, 4.69) is 0 Å². The van der Waals surface area contributed by atoms with Crippen LogP contribution in [-0.2, 0) is 9.59 Å². The van der Waals surface area contributed by atoms with Crippen LogP contribution in [0.25, 0.3) is 0 Å². The Morgan fingerprint density at radius 1 is 1.33 bits per heavy atom. The Balaban J connectivity index is 0.00000196. The van der Waals surface area contributed by atoms with Crippen LogP contribution in [0, 0.1) is 5.41 Å². The molecule has 2 N–H and O–H groups in total. The fourth-order valence-electron chi connectivity index (χ4n) is 1.83. The van der Waals surface area contributed by atoms with Crippen molar-refractivity contribution in [1.82, 2.24) is 4.90 Å². The molecule has 0 aromatic carbocycles. The van der Waals surface area contributed by atoms with Gasteiger partial charge < -0.3 is 15.1 Å². The molecule has 88 valence electrons. The Bertz CT molecular complexity index is 255. The SMILES string of the molecule is CC1CC(C(=O)O)(C(=O)O)CCN1C.Cl. The molecule has 1 saturated heterocycles. The topological polar surface area (TPSA) is 77.8 Å². The minimum Gasteiger partial charge on any atom is -0.480 e. The van der Waals surface area contributed by atoms with E-state index in [0.717, 1.165) is 0 Å². The van der Waals surface area contributed by atoms with E-state index in [1.807, 2.05) is 18.9 Å². The zero-order valence-electron chi connectivity index (χ0n) is 8.77. The molecule has 1 aliphatic heterocycles. The van der Waals surface area contributed by atoms with E-state index in [0.29, 0.717) is 6.54 Å². The van der Waals surface area contributed by atoms with Gasteiger partial charge in [-0.05, 0) is 33.4 Å². The fraction of sp³-hybridized carbons (Fsp3) is 0.778. The first kappa shape index (κ1) is 14.2. The number of carboxylic acid groups (broad SMARTS) is 2. The number of hydrogen-bond donors (Lipinski definition) is 2. The predicted molar refractivity (Wildman–Crippen MR) is 56.3 cm³/mol. The fourth-order valence-corrected chi connectivity index (χ4v) is 1.83. The lowest BCUT2D eigenvalue weighted by atomic mass is 9.76. The van der Waals surface area contributed by atoms with Crippen LogP contribution in [0.4, 0.5) is 0 Å². The number of likely N-dealkylation sites (tertiary alicyclic amines) is 1. The molecular formula is C9H16ClNO4. The molecule has 1 heterocycles. The third-order valence-corrected chi connectivity index (χ3v) is 3.11. The van der Waals surface area contributed by atoms with Crippen LogP contribution in [0.15, 0.2) is 0 Å². The number of aliphatic carboxylic acids is 2. The molecule has 0 saturated carbocycles. The van der Waals surface area contributed by atoms with E-state index in [1.54, 1.807) is 0 Å². The largest absolute Gasteiger partial charge is 0.480 e. The van der Waals surface area contributed by atoms with E-state index in [1.165, 1.54) is 0 Å². The molecule has 1 rings (SSSR count). The van der Waals surface area contributed by atoms with Gasteiger partial charge in [-0.1, -0.05) is 0 Å². The molecule has 1 atom stereocenters. The van der Waals surface area contributed by atoms with Crippen LogP contribution in [0.3, 0.4) is 0 Å². The van der Waals surface area contributed by atoms with E-state index in [-0.39, 0.29) is 31.3 Å². The summed E-state index contributed by atoms with van der Waals surface area (Å²) in [7, 11) is 1.87. The lowest BCUT2D eigenvalue weighted by molar-refractivity contribution is -0.169. The van der Waals surface area contributed by atoms with Crippen LogP contribution in [0.1, 0.15) is 19.8 Å². The minimum atomic E-state index is -1.58. The van der Waals surface area contributed by atoms with Gasteiger partial charge in [0.25, 0.3) is 0 Å². The molecule has 0 aliphatic carbocycles. The second-order valence-electron chi connectivity index (χ2n) is 3.98.